The monoisotopic (exact) mass is 450 g/mol. The third kappa shape index (κ3) is 4.87. The molecule has 0 amide bonds. The standard InChI is InChI=1S/C26H30N2O3S/c29-17-19-1-8-25(27-16-19)26-10-9-24(28-26)23(15-18-11-13-31-14-12-18)20-2-4-21(5-3-20)32(30)22-6-7-22/h1-5,8-10,16,18,22-23,28-29H,6-7,11-15,17H2. The fourth-order valence-corrected chi connectivity index (χ4v) is 5.86. The Kier molecular flexibility index (Phi) is 6.53. The summed E-state index contributed by atoms with van der Waals surface area (Å²) in [5.41, 5.74) is 5.09. The Morgan fingerprint density at radius 1 is 1.03 bits per heavy atom. The molecule has 3 heterocycles. The van der Waals surface area contributed by atoms with Gasteiger partial charge in [-0.1, -0.05) is 18.2 Å². The summed E-state index contributed by atoms with van der Waals surface area (Å²) in [5.74, 6) is 0.870. The third-order valence-corrected chi connectivity index (χ3v) is 8.43. The average Bonchev–Trinajstić information content (AvgIpc) is 3.60. The number of aromatic nitrogens is 2. The maximum absolute atomic E-state index is 12.5. The SMILES string of the molecule is O=S(c1ccc(C(CC2CCOCC2)c2ccc(-c3ccc(CO)cn3)[nH]2)cc1)C1CC1. The lowest BCUT2D eigenvalue weighted by atomic mass is 9.83. The molecule has 1 aliphatic carbocycles. The van der Waals surface area contributed by atoms with Crippen LogP contribution in [0.4, 0.5) is 0 Å². The zero-order valence-corrected chi connectivity index (χ0v) is 19.0. The minimum atomic E-state index is -0.870. The highest BCUT2D eigenvalue weighted by molar-refractivity contribution is 7.86. The molecular formula is C26H30N2O3S. The van der Waals surface area contributed by atoms with Gasteiger partial charge in [-0.2, -0.15) is 0 Å². The van der Waals surface area contributed by atoms with E-state index in [0.717, 1.165) is 67.2 Å². The van der Waals surface area contributed by atoms with Crippen molar-refractivity contribution in [2.75, 3.05) is 13.2 Å². The van der Waals surface area contributed by atoms with Gasteiger partial charge in [-0.05, 0) is 79.5 Å². The molecule has 0 bridgehead atoms. The first kappa shape index (κ1) is 21.6. The molecule has 2 atom stereocenters. The first-order chi connectivity index (χ1) is 15.7. The van der Waals surface area contributed by atoms with Crippen LogP contribution in [0.1, 0.15) is 54.8 Å². The van der Waals surface area contributed by atoms with E-state index in [0.29, 0.717) is 11.2 Å². The van der Waals surface area contributed by atoms with Gasteiger partial charge < -0.3 is 14.8 Å². The Morgan fingerprint density at radius 3 is 2.47 bits per heavy atom. The number of aliphatic hydroxyl groups is 1. The zero-order chi connectivity index (χ0) is 21.9. The number of hydrogen-bond donors (Lipinski definition) is 2. The van der Waals surface area contributed by atoms with Crippen LogP contribution >= 0.6 is 0 Å². The van der Waals surface area contributed by atoms with Gasteiger partial charge >= 0.3 is 0 Å². The lowest BCUT2D eigenvalue weighted by molar-refractivity contribution is 0.0626. The zero-order valence-electron chi connectivity index (χ0n) is 18.2. The van der Waals surface area contributed by atoms with Crippen molar-refractivity contribution >= 4 is 10.8 Å². The van der Waals surface area contributed by atoms with E-state index in [4.69, 9.17) is 4.74 Å². The Balaban J connectivity index is 1.41. The van der Waals surface area contributed by atoms with Crippen LogP contribution in [0.25, 0.3) is 11.4 Å². The summed E-state index contributed by atoms with van der Waals surface area (Å²) >= 11 is 0. The van der Waals surface area contributed by atoms with Crippen LogP contribution < -0.4 is 0 Å². The van der Waals surface area contributed by atoms with Crippen LogP contribution in [0.3, 0.4) is 0 Å². The molecule has 2 unspecified atom stereocenters. The quantitative estimate of drug-likeness (QED) is 0.518. The van der Waals surface area contributed by atoms with Crippen LogP contribution in [0.5, 0.6) is 0 Å². The number of nitrogens with one attached hydrogen (secondary N) is 1. The van der Waals surface area contributed by atoms with Crippen LogP contribution in [0.2, 0.25) is 0 Å². The second-order valence-electron chi connectivity index (χ2n) is 8.95. The van der Waals surface area contributed by atoms with Gasteiger partial charge in [0.2, 0.25) is 0 Å². The van der Waals surface area contributed by atoms with Crippen molar-refractivity contribution < 1.29 is 14.1 Å². The lowest BCUT2D eigenvalue weighted by Crippen LogP contribution is -2.18. The van der Waals surface area contributed by atoms with Gasteiger partial charge in [0.15, 0.2) is 0 Å². The largest absolute Gasteiger partial charge is 0.392 e. The molecule has 1 aromatic carbocycles. The van der Waals surface area contributed by atoms with E-state index in [-0.39, 0.29) is 12.5 Å². The van der Waals surface area contributed by atoms with Crippen molar-refractivity contribution in [1.29, 1.82) is 0 Å². The smallest absolute Gasteiger partial charge is 0.0864 e. The molecule has 2 fully saturated rings. The fourth-order valence-electron chi connectivity index (χ4n) is 4.51. The van der Waals surface area contributed by atoms with Gasteiger partial charge in [0.25, 0.3) is 0 Å². The molecule has 2 aliphatic rings. The predicted molar refractivity (Wildman–Crippen MR) is 126 cm³/mol. The molecule has 6 heteroatoms. The molecule has 168 valence electrons. The first-order valence-corrected chi connectivity index (χ1v) is 12.8. The number of ether oxygens (including phenoxy) is 1. The molecule has 5 nitrogen and oxygen atoms in total. The van der Waals surface area contributed by atoms with Crippen LogP contribution in [-0.2, 0) is 22.1 Å². The minimum absolute atomic E-state index is 0.00202. The van der Waals surface area contributed by atoms with Crippen molar-refractivity contribution in [3.63, 3.8) is 0 Å². The summed E-state index contributed by atoms with van der Waals surface area (Å²) in [5, 5.41) is 9.63. The molecule has 32 heavy (non-hydrogen) atoms. The number of nitrogens with zero attached hydrogens (tertiary/aromatic N) is 1. The van der Waals surface area contributed by atoms with E-state index in [1.165, 1.54) is 11.3 Å². The summed E-state index contributed by atoms with van der Waals surface area (Å²) in [6, 6.07) is 16.5. The van der Waals surface area contributed by atoms with Crippen molar-refractivity contribution in [3.05, 3.63) is 71.5 Å². The summed E-state index contributed by atoms with van der Waals surface area (Å²) in [7, 11) is -0.870. The summed E-state index contributed by atoms with van der Waals surface area (Å²) < 4.78 is 18.1. The van der Waals surface area contributed by atoms with Crippen molar-refractivity contribution in [2.45, 2.75) is 54.8 Å². The number of aliphatic hydroxyl groups excluding tert-OH is 1. The molecule has 2 aromatic heterocycles. The highest BCUT2D eigenvalue weighted by Crippen LogP contribution is 2.36. The Labute approximate surface area is 191 Å². The number of aromatic amines is 1. The van der Waals surface area contributed by atoms with E-state index in [9.17, 15) is 9.32 Å². The van der Waals surface area contributed by atoms with E-state index < -0.39 is 10.8 Å². The lowest BCUT2D eigenvalue weighted by Gasteiger charge is -2.27. The topological polar surface area (TPSA) is 75.2 Å². The molecule has 0 radical (unpaired) electrons. The van der Waals surface area contributed by atoms with Crippen LogP contribution in [0.15, 0.2) is 59.6 Å². The molecule has 1 saturated carbocycles. The van der Waals surface area contributed by atoms with Gasteiger partial charge in [0.05, 0.1) is 28.8 Å². The normalized spacial score (nSPS) is 19.0. The minimum Gasteiger partial charge on any atom is -0.392 e. The Morgan fingerprint density at radius 2 is 1.81 bits per heavy atom. The number of benzene rings is 1. The highest BCUT2D eigenvalue weighted by Gasteiger charge is 2.29. The Bertz CT molecular complexity index is 1050. The Hall–Kier alpha value is -2.28. The summed E-state index contributed by atoms with van der Waals surface area (Å²) in [4.78, 5) is 9.04. The van der Waals surface area contributed by atoms with E-state index in [2.05, 4.69) is 46.4 Å². The highest BCUT2D eigenvalue weighted by atomic mass is 32.2. The molecular weight excluding hydrogens is 420 g/mol. The van der Waals surface area contributed by atoms with Crippen molar-refractivity contribution in [1.82, 2.24) is 9.97 Å². The molecule has 1 saturated heterocycles. The maximum atomic E-state index is 12.5. The predicted octanol–water partition coefficient (Wildman–Crippen LogP) is 4.79. The van der Waals surface area contributed by atoms with Crippen molar-refractivity contribution in [2.24, 2.45) is 5.92 Å². The molecule has 3 aromatic rings. The number of rotatable bonds is 8. The van der Waals surface area contributed by atoms with Gasteiger partial charge in [0.1, 0.15) is 0 Å². The number of H-pyrrole nitrogens is 1. The van der Waals surface area contributed by atoms with Gasteiger partial charge in [-0.3, -0.25) is 9.19 Å². The average molecular weight is 451 g/mol. The molecule has 0 spiro atoms. The molecule has 5 rings (SSSR count). The number of pyridine rings is 1. The van der Waals surface area contributed by atoms with E-state index in [1.54, 1.807) is 6.20 Å². The van der Waals surface area contributed by atoms with Gasteiger partial charge in [-0.25, -0.2) is 0 Å². The maximum Gasteiger partial charge on any atom is 0.0864 e. The first-order valence-electron chi connectivity index (χ1n) is 11.5. The fraction of sp³-hybridized carbons (Fsp3) is 0.423. The van der Waals surface area contributed by atoms with E-state index >= 15 is 0 Å². The number of hydrogen-bond acceptors (Lipinski definition) is 4. The summed E-state index contributed by atoms with van der Waals surface area (Å²) in [6.45, 7) is 1.68. The third-order valence-electron chi connectivity index (χ3n) is 6.62. The van der Waals surface area contributed by atoms with Crippen LogP contribution in [0, 0.1) is 5.92 Å². The van der Waals surface area contributed by atoms with Gasteiger partial charge in [-0.15, -0.1) is 0 Å². The van der Waals surface area contributed by atoms with Gasteiger partial charge in [0, 0.05) is 41.2 Å². The molecule has 2 N–H and O–H groups in total. The van der Waals surface area contributed by atoms with Crippen molar-refractivity contribution in [3.8, 4) is 11.4 Å². The van der Waals surface area contributed by atoms with Crippen LogP contribution in [-0.4, -0.2) is 37.7 Å². The molecule has 1 aliphatic heterocycles. The second kappa shape index (κ2) is 9.69. The second-order valence-corrected chi connectivity index (χ2v) is 10.7. The summed E-state index contributed by atoms with van der Waals surface area (Å²) in [6.07, 6.45) is 7.13. The van der Waals surface area contributed by atoms with E-state index in [1.807, 2.05) is 12.1 Å².